The number of aromatic hydroxyl groups is 1. The zero-order valence-electron chi connectivity index (χ0n) is 11.3. The van der Waals surface area contributed by atoms with Crippen LogP contribution in [0.2, 0.25) is 0 Å². The average molecular weight is 274 g/mol. The van der Waals surface area contributed by atoms with Crippen molar-refractivity contribution in [1.29, 1.82) is 0 Å². The third-order valence-corrected chi connectivity index (χ3v) is 3.11. The van der Waals surface area contributed by atoms with Gasteiger partial charge in [0.05, 0.1) is 5.69 Å². The van der Waals surface area contributed by atoms with Crippen LogP contribution in [0.25, 0.3) is 11.1 Å². The second-order valence-corrected chi connectivity index (χ2v) is 4.61. The number of hydrogen-bond donors (Lipinski definition) is 1. The molecule has 1 N–H and O–H groups in total. The third-order valence-electron chi connectivity index (χ3n) is 3.11. The maximum atomic E-state index is 9.91. The van der Waals surface area contributed by atoms with Gasteiger partial charge in [-0.2, -0.15) is 5.11 Å². The number of rotatable bonds is 3. The standard InChI is InChI=1S/C18H14N2O/c21-18-12-11-15(14-7-3-1-4-8-14)13-17(18)20-19-16-9-5-2-6-10-16/h1-13,21H. The molecule has 0 aromatic heterocycles. The van der Waals surface area contributed by atoms with Crippen molar-refractivity contribution in [2.45, 2.75) is 0 Å². The minimum absolute atomic E-state index is 0.120. The van der Waals surface area contributed by atoms with Crippen molar-refractivity contribution >= 4 is 11.4 Å². The molecule has 0 fully saturated rings. The minimum Gasteiger partial charge on any atom is -0.506 e. The van der Waals surface area contributed by atoms with Crippen LogP contribution in [0, 0.1) is 0 Å². The van der Waals surface area contributed by atoms with Crippen LogP contribution in [0.15, 0.2) is 89.1 Å². The Bertz CT molecular complexity index is 753. The Morgan fingerprint density at radius 2 is 1.29 bits per heavy atom. The lowest BCUT2D eigenvalue weighted by Gasteiger charge is -2.04. The molecule has 0 heterocycles. The van der Waals surface area contributed by atoms with Gasteiger partial charge in [0.25, 0.3) is 0 Å². The Labute approximate surface area is 123 Å². The summed E-state index contributed by atoms with van der Waals surface area (Å²) < 4.78 is 0. The first-order chi connectivity index (χ1) is 10.3. The van der Waals surface area contributed by atoms with E-state index in [1.165, 1.54) is 0 Å². The van der Waals surface area contributed by atoms with E-state index in [0.29, 0.717) is 5.69 Å². The third kappa shape index (κ3) is 3.15. The molecule has 0 aliphatic rings. The Morgan fingerprint density at radius 3 is 2.00 bits per heavy atom. The second kappa shape index (κ2) is 6.01. The summed E-state index contributed by atoms with van der Waals surface area (Å²) in [6, 6.07) is 24.7. The molecule has 0 aliphatic heterocycles. The molecule has 0 atom stereocenters. The Hall–Kier alpha value is -2.94. The van der Waals surface area contributed by atoms with Crippen LogP contribution in [-0.4, -0.2) is 5.11 Å². The van der Waals surface area contributed by atoms with Gasteiger partial charge in [0, 0.05) is 0 Å². The largest absolute Gasteiger partial charge is 0.506 e. The molecular weight excluding hydrogens is 260 g/mol. The predicted molar refractivity (Wildman–Crippen MR) is 84.2 cm³/mol. The second-order valence-electron chi connectivity index (χ2n) is 4.61. The van der Waals surface area contributed by atoms with Gasteiger partial charge in [-0.1, -0.05) is 54.6 Å². The SMILES string of the molecule is Oc1ccc(-c2ccccc2)cc1N=Nc1ccccc1. The Morgan fingerprint density at radius 1 is 0.619 bits per heavy atom. The quantitative estimate of drug-likeness (QED) is 0.632. The van der Waals surface area contributed by atoms with Crippen LogP contribution < -0.4 is 0 Å². The van der Waals surface area contributed by atoms with Gasteiger partial charge in [-0.15, -0.1) is 5.11 Å². The van der Waals surface area contributed by atoms with Crippen molar-refractivity contribution in [3.05, 3.63) is 78.9 Å². The summed E-state index contributed by atoms with van der Waals surface area (Å²) in [4.78, 5) is 0. The molecule has 0 bridgehead atoms. The molecule has 102 valence electrons. The molecule has 3 aromatic carbocycles. The molecule has 3 nitrogen and oxygen atoms in total. The number of azo groups is 1. The summed E-state index contributed by atoms with van der Waals surface area (Å²) >= 11 is 0. The summed E-state index contributed by atoms with van der Waals surface area (Å²) in [5, 5.41) is 18.2. The van der Waals surface area contributed by atoms with Gasteiger partial charge in [-0.3, -0.25) is 0 Å². The van der Waals surface area contributed by atoms with E-state index in [2.05, 4.69) is 10.2 Å². The molecule has 21 heavy (non-hydrogen) atoms. The van der Waals surface area contributed by atoms with E-state index in [1.54, 1.807) is 6.07 Å². The maximum Gasteiger partial charge on any atom is 0.143 e. The smallest absolute Gasteiger partial charge is 0.143 e. The van der Waals surface area contributed by atoms with Crippen molar-refractivity contribution in [3.63, 3.8) is 0 Å². The fourth-order valence-corrected chi connectivity index (χ4v) is 2.02. The summed E-state index contributed by atoms with van der Waals surface area (Å²) in [6.07, 6.45) is 0. The predicted octanol–water partition coefficient (Wildman–Crippen LogP) is 5.47. The van der Waals surface area contributed by atoms with Crippen molar-refractivity contribution in [3.8, 4) is 16.9 Å². The van der Waals surface area contributed by atoms with Crippen molar-refractivity contribution in [2.24, 2.45) is 10.2 Å². The molecule has 3 aromatic rings. The van der Waals surface area contributed by atoms with E-state index in [-0.39, 0.29) is 5.75 Å². The molecule has 3 rings (SSSR count). The van der Waals surface area contributed by atoms with Crippen LogP contribution in [0.3, 0.4) is 0 Å². The van der Waals surface area contributed by atoms with E-state index < -0.39 is 0 Å². The molecular formula is C18H14N2O. The van der Waals surface area contributed by atoms with Crippen LogP contribution in [0.1, 0.15) is 0 Å². The molecule has 0 amide bonds. The summed E-state index contributed by atoms with van der Waals surface area (Å²) in [7, 11) is 0. The van der Waals surface area contributed by atoms with E-state index in [0.717, 1.165) is 16.8 Å². The monoisotopic (exact) mass is 274 g/mol. The topological polar surface area (TPSA) is 45.0 Å². The molecule has 0 saturated carbocycles. The summed E-state index contributed by atoms with van der Waals surface area (Å²) in [5.74, 6) is 0.120. The highest BCUT2D eigenvalue weighted by Crippen LogP contribution is 2.32. The van der Waals surface area contributed by atoms with Crippen molar-refractivity contribution in [2.75, 3.05) is 0 Å². The van der Waals surface area contributed by atoms with Gasteiger partial charge in [0.1, 0.15) is 11.4 Å². The number of phenols is 1. The lowest BCUT2D eigenvalue weighted by atomic mass is 10.1. The summed E-state index contributed by atoms with van der Waals surface area (Å²) in [6.45, 7) is 0. The molecule has 0 unspecified atom stereocenters. The lowest BCUT2D eigenvalue weighted by Crippen LogP contribution is -1.77. The van der Waals surface area contributed by atoms with Crippen LogP contribution >= 0.6 is 0 Å². The van der Waals surface area contributed by atoms with Gasteiger partial charge in [-0.05, 0) is 35.4 Å². The Balaban J connectivity index is 1.94. The first kappa shape index (κ1) is 13.1. The van der Waals surface area contributed by atoms with Gasteiger partial charge >= 0.3 is 0 Å². The first-order valence-electron chi connectivity index (χ1n) is 6.68. The van der Waals surface area contributed by atoms with E-state index in [4.69, 9.17) is 0 Å². The minimum atomic E-state index is 0.120. The van der Waals surface area contributed by atoms with Crippen molar-refractivity contribution < 1.29 is 5.11 Å². The molecule has 0 radical (unpaired) electrons. The highest BCUT2D eigenvalue weighted by molar-refractivity contribution is 5.70. The summed E-state index contributed by atoms with van der Waals surface area (Å²) in [5.41, 5.74) is 3.28. The van der Waals surface area contributed by atoms with Gasteiger partial charge in [0.2, 0.25) is 0 Å². The number of benzene rings is 3. The van der Waals surface area contributed by atoms with E-state index >= 15 is 0 Å². The Kier molecular flexibility index (Phi) is 3.74. The van der Waals surface area contributed by atoms with E-state index in [9.17, 15) is 5.11 Å². The van der Waals surface area contributed by atoms with Crippen LogP contribution in [0.4, 0.5) is 11.4 Å². The molecule has 0 aliphatic carbocycles. The zero-order valence-corrected chi connectivity index (χ0v) is 11.3. The highest BCUT2D eigenvalue weighted by atomic mass is 16.3. The number of phenolic OH excluding ortho intramolecular Hbond substituents is 1. The fourth-order valence-electron chi connectivity index (χ4n) is 2.02. The van der Waals surface area contributed by atoms with Gasteiger partial charge in [0.15, 0.2) is 0 Å². The normalized spacial score (nSPS) is 10.9. The van der Waals surface area contributed by atoms with Crippen LogP contribution in [-0.2, 0) is 0 Å². The average Bonchev–Trinajstić information content (AvgIpc) is 2.56. The first-order valence-corrected chi connectivity index (χ1v) is 6.68. The number of nitrogens with zero attached hydrogens (tertiary/aromatic N) is 2. The van der Waals surface area contributed by atoms with E-state index in [1.807, 2.05) is 72.8 Å². The maximum absolute atomic E-state index is 9.91. The number of hydrogen-bond acceptors (Lipinski definition) is 3. The van der Waals surface area contributed by atoms with Gasteiger partial charge in [-0.25, -0.2) is 0 Å². The van der Waals surface area contributed by atoms with Crippen molar-refractivity contribution in [1.82, 2.24) is 0 Å². The molecule has 3 heteroatoms. The molecule has 0 spiro atoms. The fraction of sp³-hybridized carbons (Fsp3) is 0. The lowest BCUT2D eigenvalue weighted by molar-refractivity contribution is 0.476. The van der Waals surface area contributed by atoms with Gasteiger partial charge < -0.3 is 5.11 Å². The zero-order chi connectivity index (χ0) is 14.5. The highest BCUT2D eigenvalue weighted by Gasteiger charge is 2.03. The van der Waals surface area contributed by atoms with Crippen LogP contribution in [0.5, 0.6) is 5.75 Å². The molecule has 0 saturated heterocycles.